The zero-order valence-electron chi connectivity index (χ0n) is 9.73. The minimum Gasteiger partial charge on any atom is -0.496 e. The molecule has 0 unspecified atom stereocenters. The second-order valence-corrected chi connectivity index (χ2v) is 4.71. The van der Waals surface area contributed by atoms with Crippen LogP contribution in [-0.4, -0.2) is 12.1 Å². The molecule has 0 aliphatic carbocycles. The van der Waals surface area contributed by atoms with Crippen LogP contribution in [0.1, 0.15) is 25.3 Å². The van der Waals surface area contributed by atoms with E-state index < -0.39 is 0 Å². The van der Waals surface area contributed by atoms with Crippen molar-refractivity contribution >= 4 is 11.3 Å². The van der Waals surface area contributed by atoms with Crippen LogP contribution in [0.2, 0.25) is 0 Å². The molecule has 0 fully saturated rings. The second kappa shape index (κ2) is 4.66. The molecule has 0 atom stereocenters. The van der Waals surface area contributed by atoms with Crippen LogP contribution < -0.4 is 4.74 Å². The van der Waals surface area contributed by atoms with Gasteiger partial charge in [0.1, 0.15) is 5.75 Å². The third-order valence-corrected chi connectivity index (χ3v) is 3.18. The topological polar surface area (TPSA) is 22.1 Å². The van der Waals surface area contributed by atoms with Gasteiger partial charge in [0.15, 0.2) is 0 Å². The van der Waals surface area contributed by atoms with E-state index in [1.54, 1.807) is 18.4 Å². The van der Waals surface area contributed by atoms with Gasteiger partial charge >= 0.3 is 0 Å². The van der Waals surface area contributed by atoms with E-state index in [-0.39, 0.29) is 0 Å². The van der Waals surface area contributed by atoms with Gasteiger partial charge in [-0.25, -0.2) is 4.98 Å². The molecule has 0 bridgehead atoms. The Kier molecular flexibility index (Phi) is 3.25. The second-order valence-electron chi connectivity index (χ2n) is 3.99. The number of nitrogens with zero attached hydrogens (tertiary/aromatic N) is 1. The van der Waals surface area contributed by atoms with Crippen molar-refractivity contribution in [3.8, 4) is 17.0 Å². The Morgan fingerprint density at radius 1 is 1.31 bits per heavy atom. The number of hydrogen-bond acceptors (Lipinski definition) is 3. The highest BCUT2D eigenvalue weighted by molar-refractivity contribution is 7.07. The zero-order chi connectivity index (χ0) is 11.5. The molecule has 1 heterocycles. The van der Waals surface area contributed by atoms with Crippen LogP contribution in [0.15, 0.2) is 29.1 Å². The number of hydrogen-bond donors (Lipinski definition) is 0. The van der Waals surface area contributed by atoms with Crippen LogP contribution >= 0.6 is 11.3 Å². The summed E-state index contributed by atoms with van der Waals surface area (Å²) in [6.45, 7) is 4.37. The zero-order valence-corrected chi connectivity index (χ0v) is 10.5. The van der Waals surface area contributed by atoms with Crippen LogP contribution in [0.25, 0.3) is 11.3 Å². The minimum atomic E-state index is 0.517. The number of aromatic nitrogens is 1. The Hall–Kier alpha value is -1.35. The van der Waals surface area contributed by atoms with Gasteiger partial charge in [0.2, 0.25) is 0 Å². The lowest BCUT2D eigenvalue weighted by molar-refractivity contribution is 0.416. The van der Waals surface area contributed by atoms with E-state index >= 15 is 0 Å². The van der Waals surface area contributed by atoms with Crippen LogP contribution in [0.3, 0.4) is 0 Å². The van der Waals surface area contributed by atoms with Crippen LogP contribution in [0.5, 0.6) is 5.75 Å². The molecule has 0 spiro atoms. The molecule has 16 heavy (non-hydrogen) atoms. The fourth-order valence-electron chi connectivity index (χ4n) is 1.63. The molecular formula is C13H15NOS. The van der Waals surface area contributed by atoms with Crippen LogP contribution in [0, 0.1) is 0 Å². The highest BCUT2D eigenvalue weighted by Crippen LogP contribution is 2.32. The fourth-order valence-corrected chi connectivity index (χ4v) is 2.18. The highest BCUT2D eigenvalue weighted by Gasteiger charge is 2.10. The number of rotatable bonds is 3. The largest absolute Gasteiger partial charge is 0.496 e. The van der Waals surface area contributed by atoms with Gasteiger partial charge in [0.05, 0.1) is 18.3 Å². The lowest BCUT2D eigenvalue weighted by Gasteiger charge is -2.11. The molecule has 1 aromatic carbocycles. The van der Waals surface area contributed by atoms with Crippen molar-refractivity contribution in [2.24, 2.45) is 0 Å². The van der Waals surface area contributed by atoms with Gasteiger partial charge in [0, 0.05) is 10.9 Å². The monoisotopic (exact) mass is 233 g/mol. The van der Waals surface area contributed by atoms with Crippen molar-refractivity contribution in [2.45, 2.75) is 19.8 Å². The molecule has 84 valence electrons. The van der Waals surface area contributed by atoms with Crippen LogP contribution in [-0.2, 0) is 0 Å². The van der Waals surface area contributed by atoms with E-state index in [0.717, 1.165) is 17.0 Å². The first-order chi connectivity index (χ1) is 7.72. The van der Waals surface area contributed by atoms with E-state index in [2.05, 4.69) is 31.0 Å². The first-order valence-corrected chi connectivity index (χ1v) is 6.23. The Morgan fingerprint density at radius 2 is 2.12 bits per heavy atom. The van der Waals surface area contributed by atoms with Crippen LogP contribution in [0.4, 0.5) is 0 Å². The maximum atomic E-state index is 5.37. The highest BCUT2D eigenvalue weighted by atomic mass is 32.1. The maximum Gasteiger partial charge on any atom is 0.128 e. The summed E-state index contributed by atoms with van der Waals surface area (Å²) in [7, 11) is 1.69. The molecule has 2 nitrogen and oxygen atoms in total. The minimum absolute atomic E-state index is 0.517. The quantitative estimate of drug-likeness (QED) is 0.801. The predicted molar refractivity (Wildman–Crippen MR) is 68.2 cm³/mol. The molecule has 0 saturated carbocycles. The summed E-state index contributed by atoms with van der Waals surface area (Å²) >= 11 is 1.60. The maximum absolute atomic E-state index is 5.37. The van der Waals surface area contributed by atoms with Gasteiger partial charge in [-0.3, -0.25) is 0 Å². The molecule has 0 amide bonds. The number of methoxy groups -OCH3 is 1. The van der Waals surface area contributed by atoms with Crippen molar-refractivity contribution in [3.05, 3.63) is 34.7 Å². The number of benzene rings is 1. The fraction of sp³-hybridized carbons (Fsp3) is 0.308. The van der Waals surface area contributed by atoms with E-state index in [1.165, 1.54) is 5.56 Å². The lowest BCUT2D eigenvalue weighted by atomic mass is 9.99. The van der Waals surface area contributed by atoms with Gasteiger partial charge in [-0.15, -0.1) is 11.3 Å². The lowest BCUT2D eigenvalue weighted by Crippen LogP contribution is -1.92. The molecule has 1 aromatic heterocycles. The van der Waals surface area contributed by atoms with Crippen molar-refractivity contribution in [2.75, 3.05) is 7.11 Å². The SMILES string of the molecule is COc1ccc(C(C)C)cc1-c1cscn1. The molecule has 0 aliphatic heterocycles. The molecule has 2 rings (SSSR count). The van der Waals surface area contributed by atoms with Gasteiger partial charge in [-0.05, 0) is 23.6 Å². The first-order valence-electron chi connectivity index (χ1n) is 5.29. The summed E-state index contributed by atoms with van der Waals surface area (Å²) in [5.41, 5.74) is 5.22. The van der Waals surface area contributed by atoms with Gasteiger partial charge < -0.3 is 4.74 Å². The molecule has 0 saturated heterocycles. The predicted octanol–water partition coefficient (Wildman–Crippen LogP) is 3.94. The average molecular weight is 233 g/mol. The van der Waals surface area contributed by atoms with Crippen molar-refractivity contribution < 1.29 is 4.74 Å². The third kappa shape index (κ3) is 2.09. The first kappa shape index (κ1) is 11.1. The standard InChI is InChI=1S/C13H15NOS/c1-9(2)10-4-5-13(15-3)11(6-10)12-7-16-8-14-12/h4-9H,1-3H3. The Balaban J connectivity index is 2.52. The number of ether oxygens (including phenoxy) is 1. The summed E-state index contributed by atoms with van der Waals surface area (Å²) in [5, 5.41) is 2.04. The molecule has 3 heteroatoms. The summed E-state index contributed by atoms with van der Waals surface area (Å²) in [5.74, 6) is 1.40. The summed E-state index contributed by atoms with van der Waals surface area (Å²) in [6.07, 6.45) is 0. The summed E-state index contributed by atoms with van der Waals surface area (Å²) in [4.78, 5) is 4.33. The Morgan fingerprint density at radius 3 is 2.69 bits per heavy atom. The Labute approximate surface area is 99.9 Å². The average Bonchev–Trinajstić information content (AvgIpc) is 2.81. The smallest absolute Gasteiger partial charge is 0.128 e. The molecule has 0 radical (unpaired) electrons. The van der Waals surface area contributed by atoms with Gasteiger partial charge in [-0.2, -0.15) is 0 Å². The van der Waals surface area contributed by atoms with Gasteiger partial charge in [-0.1, -0.05) is 19.9 Å². The van der Waals surface area contributed by atoms with E-state index in [4.69, 9.17) is 4.74 Å². The summed E-state index contributed by atoms with van der Waals surface area (Å²) in [6, 6.07) is 6.29. The molecule has 2 aromatic rings. The van der Waals surface area contributed by atoms with Crippen molar-refractivity contribution in [3.63, 3.8) is 0 Å². The van der Waals surface area contributed by atoms with Crippen molar-refractivity contribution in [1.82, 2.24) is 4.98 Å². The third-order valence-electron chi connectivity index (χ3n) is 2.60. The molecular weight excluding hydrogens is 218 g/mol. The normalized spacial score (nSPS) is 10.8. The van der Waals surface area contributed by atoms with Gasteiger partial charge in [0.25, 0.3) is 0 Å². The van der Waals surface area contributed by atoms with Crippen molar-refractivity contribution in [1.29, 1.82) is 0 Å². The molecule has 0 N–H and O–H groups in total. The molecule has 0 aliphatic rings. The van der Waals surface area contributed by atoms with E-state index in [0.29, 0.717) is 5.92 Å². The number of thiazole rings is 1. The van der Waals surface area contributed by atoms with E-state index in [9.17, 15) is 0 Å². The Bertz CT molecular complexity index is 463. The van der Waals surface area contributed by atoms with E-state index in [1.807, 2.05) is 17.0 Å². The summed E-state index contributed by atoms with van der Waals surface area (Å²) < 4.78 is 5.37.